The van der Waals surface area contributed by atoms with Crippen LogP contribution >= 0.6 is 0 Å². The van der Waals surface area contributed by atoms with Gasteiger partial charge in [0.05, 0.1) is 0 Å². The van der Waals surface area contributed by atoms with E-state index in [4.69, 9.17) is 5.73 Å². The minimum atomic E-state index is -0.560. The van der Waals surface area contributed by atoms with Gasteiger partial charge in [-0.1, -0.05) is 12.1 Å². The molecular formula is C15H13F2N. The molecular weight excluding hydrogens is 232 g/mol. The van der Waals surface area contributed by atoms with Crippen molar-refractivity contribution in [3.8, 4) is 11.1 Å². The minimum absolute atomic E-state index is 0.0401. The molecule has 92 valence electrons. The smallest absolute Gasteiger partial charge is 0.126 e. The van der Waals surface area contributed by atoms with Crippen molar-refractivity contribution in [2.24, 2.45) is 5.73 Å². The highest BCUT2D eigenvalue weighted by atomic mass is 19.1. The summed E-state index contributed by atoms with van der Waals surface area (Å²) in [5.74, 6) is -1.12. The largest absolute Gasteiger partial charge is 0.324 e. The lowest BCUT2D eigenvalue weighted by atomic mass is 9.99. The second-order valence-electron chi connectivity index (χ2n) is 4.72. The zero-order valence-corrected chi connectivity index (χ0v) is 9.79. The first-order chi connectivity index (χ1) is 8.63. The van der Waals surface area contributed by atoms with Crippen molar-refractivity contribution in [1.29, 1.82) is 0 Å². The van der Waals surface area contributed by atoms with Crippen LogP contribution in [0.5, 0.6) is 0 Å². The molecule has 3 heteroatoms. The van der Waals surface area contributed by atoms with E-state index >= 15 is 0 Å². The van der Waals surface area contributed by atoms with E-state index in [1.807, 2.05) is 18.2 Å². The summed E-state index contributed by atoms with van der Waals surface area (Å²) in [5, 5.41) is 0. The Bertz CT molecular complexity index is 587. The van der Waals surface area contributed by atoms with E-state index in [0.717, 1.165) is 30.0 Å². The molecule has 18 heavy (non-hydrogen) atoms. The molecule has 3 rings (SSSR count). The second-order valence-corrected chi connectivity index (χ2v) is 4.72. The summed E-state index contributed by atoms with van der Waals surface area (Å²) in [6.45, 7) is 0. The molecule has 0 aliphatic heterocycles. The SMILES string of the molecule is NC1CCc2ccc(-c3cc(F)cc(F)c3)cc21. The molecule has 0 fully saturated rings. The molecule has 0 spiro atoms. The van der Waals surface area contributed by atoms with E-state index in [2.05, 4.69) is 0 Å². The van der Waals surface area contributed by atoms with Crippen LogP contribution in [0.1, 0.15) is 23.6 Å². The maximum Gasteiger partial charge on any atom is 0.126 e. The van der Waals surface area contributed by atoms with Crippen molar-refractivity contribution in [3.63, 3.8) is 0 Å². The van der Waals surface area contributed by atoms with Crippen molar-refractivity contribution in [2.75, 3.05) is 0 Å². The molecule has 1 nitrogen and oxygen atoms in total. The number of fused-ring (bicyclic) bond motifs is 1. The van der Waals surface area contributed by atoms with E-state index in [1.165, 1.54) is 17.7 Å². The van der Waals surface area contributed by atoms with Gasteiger partial charge in [-0.2, -0.15) is 0 Å². The Hall–Kier alpha value is -1.74. The highest BCUT2D eigenvalue weighted by molar-refractivity contribution is 5.65. The maximum atomic E-state index is 13.2. The highest BCUT2D eigenvalue weighted by Crippen LogP contribution is 2.33. The Morgan fingerprint density at radius 1 is 0.944 bits per heavy atom. The Balaban J connectivity index is 2.10. The fourth-order valence-electron chi connectivity index (χ4n) is 2.53. The van der Waals surface area contributed by atoms with Gasteiger partial charge in [0.2, 0.25) is 0 Å². The average molecular weight is 245 g/mol. The van der Waals surface area contributed by atoms with Crippen molar-refractivity contribution < 1.29 is 8.78 Å². The summed E-state index contributed by atoms with van der Waals surface area (Å²) >= 11 is 0. The zero-order chi connectivity index (χ0) is 12.7. The molecule has 0 saturated carbocycles. The van der Waals surface area contributed by atoms with E-state index < -0.39 is 11.6 Å². The lowest BCUT2D eigenvalue weighted by Gasteiger charge is -2.08. The number of halogens is 2. The quantitative estimate of drug-likeness (QED) is 0.816. The first-order valence-corrected chi connectivity index (χ1v) is 5.98. The average Bonchev–Trinajstić information content (AvgIpc) is 2.69. The van der Waals surface area contributed by atoms with Gasteiger partial charge >= 0.3 is 0 Å². The molecule has 0 saturated heterocycles. The Labute approximate surface area is 104 Å². The van der Waals surface area contributed by atoms with Gasteiger partial charge in [-0.3, -0.25) is 0 Å². The molecule has 1 atom stereocenters. The van der Waals surface area contributed by atoms with Gasteiger partial charge in [0, 0.05) is 12.1 Å². The molecule has 2 aromatic rings. The Morgan fingerprint density at radius 2 is 1.67 bits per heavy atom. The molecule has 2 N–H and O–H groups in total. The summed E-state index contributed by atoms with van der Waals surface area (Å²) in [5.41, 5.74) is 9.70. The van der Waals surface area contributed by atoms with Crippen LogP contribution in [0.15, 0.2) is 36.4 Å². The first kappa shape index (κ1) is 11.4. The summed E-state index contributed by atoms with van der Waals surface area (Å²) in [4.78, 5) is 0. The van der Waals surface area contributed by atoms with Gasteiger partial charge < -0.3 is 5.73 Å². The van der Waals surface area contributed by atoms with Crippen molar-refractivity contribution in [1.82, 2.24) is 0 Å². The molecule has 0 amide bonds. The minimum Gasteiger partial charge on any atom is -0.324 e. The second kappa shape index (κ2) is 4.18. The molecule has 0 heterocycles. The lowest BCUT2D eigenvalue weighted by Crippen LogP contribution is -2.05. The van der Waals surface area contributed by atoms with Crippen LogP contribution in [-0.2, 0) is 6.42 Å². The summed E-state index contributed by atoms with van der Waals surface area (Å²) in [6.07, 6.45) is 1.92. The third kappa shape index (κ3) is 1.91. The fraction of sp³-hybridized carbons (Fsp3) is 0.200. The van der Waals surface area contributed by atoms with E-state index in [0.29, 0.717) is 5.56 Å². The zero-order valence-electron chi connectivity index (χ0n) is 9.79. The molecule has 1 aliphatic rings. The predicted octanol–water partition coefficient (Wildman–Crippen LogP) is 3.58. The monoisotopic (exact) mass is 245 g/mol. The van der Waals surface area contributed by atoms with E-state index in [9.17, 15) is 8.78 Å². The van der Waals surface area contributed by atoms with Gasteiger partial charge in [0.1, 0.15) is 11.6 Å². The lowest BCUT2D eigenvalue weighted by molar-refractivity contribution is 0.584. The number of rotatable bonds is 1. The molecule has 0 radical (unpaired) electrons. The van der Waals surface area contributed by atoms with Gasteiger partial charge in [-0.15, -0.1) is 0 Å². The molecule has 1 unspecified atom stereocenters. The molecule has 1 aliphatic carbocycles. The van der Waals surface area contributed by atoms with Crippen LogP contribution in [0.4, 0.5) is 8.78 Å². The summed E-state index contributed by atoms with van der Waals surface area (Å²) in [7, 11) is 0. The molecule has 0 aromatic heterocycles. The third-order valence-electron chi connectivity index (χ3n) is 3.47. The van der Waals surface area contributed by atoms with Crippen LogP contribution in [0.3, 0.4) is 0 Å². The van der Waals surface area contributed by atoms with E-state index in [1.54, 1.807) is 0 Å². The number of hydrogen-bond acceptors (Lipinski definition) is 1. The fourth-order valence-corrected chi connectivity index (χ4v) is 2.53. The topological polar surface area (TPSA) is 26.0 Å². The van der Waals surface area contributed by atoms with Crippen LogP contribution in [-0.4, -0.2) is 0 Å². The van der Waals surface area contributed by atoms with Crippen LogP contribution in [0.2, 0.25) is 0 Å². The van der Waals surface area contributed by atoms with Gasteiger partial charge in [-0.25, -0.2) is 8.78 Å². The van der Waals surface area contributed by atoms with Crippen molar-refractivity contribution >= 4 is 0 Å². The van der Waals surface area contributed by atoms with Gasteiger partial charge in [-0.05, 0) is 53.3 Å². The van der Waals surface area contributed by atoms with Crippen molar-refractivity contribution in [3.05, 3.63) is 59.2 Å². The standard InChI is InChI=1S/C15H13F2N/c16-12-5-11(6-13(17)8-12)10-2-1-9-3-4-15(18)14(9)7-10/h1-2,5-8,15H,3-4,18H2. The number of hydrogen-bond donors (Lipinski definition) is 1. The normalized spacial score (nSPS) is 17.8. The number of aryl methyl sites for hydroxylation is 1. The first-order valence-electron chi connectivity index (χ1n) is 5.98. The summed E-state index contributed by atoms with van der Waals surface area (Å²) in [6, 6.07) is 9.43. The Kier molecular flexibility index (Phi) is 2.63. The maximum absolute atomic E-state index is 13.2. The van der Waals surface area contributed by atoms with Gasteiger partial charge in [0.15, 0.2) is 0 Å². The van der Waals surface area contributed by atoms with Crippen LogP contribution in [0, 0.1) is 11.6 Å². The van der Waals surface area contributed by atoms with E-state index in [-0.39, 0.29) is 6.04 Å². The molecule has 2 aromatic carbocycles. The van der Waals surface area contributed by atoms with Crippen LogP contribution in [0.25, 0.3) is 11.1 Å². The predicted molar refractivity (Wildman–Crippen MR) is 67.0 cm³/mol. The third-order valence-corrected chi connectivity index (χ3v) is 3.47. The van der Waals surface area contributed by atoms with Crippen molar-refractivity contribution in [2.45, 2.75) is 18.9 Å². The number of benzene rings is 2. The number of nitrogens with two attached hydrogens (primary N) is 1. The van der Waals surface area contributed by atoms with Gasteiger partial charge in [0.25, 0.3) is 0 Å². The molecule has 0 bridgehead atoms. The highest BCUT2D eigenvalue weighted by Gasteiger charge is 2.19. The van der Waals surface area contributed by atoms with Crippen LogP contribution < -0.4 is 5.73 Å². The summed E-state index contributed by atoms with van der Waals surface area (Å²) < 4.78 is 26.4. The Morgan fingerprint density at radius 3 is 2.39 bits per heavy atom.